The summed E-state index contributed by atoms with van der Waals surface area (Å²) in [4.78, 5) is 7.41. The van der Waals surface area contributed by atoms with Crippen LogP contribution < -0.4 is 14.7 Å². The van der Waals surface area contributed by atoms with E-state index in [0.29, 0.717) is 6.04 Å². The van der Waals surface area contributed by atoms with Gasteiger partial charge < -0.3 is 19.3 Å². The van der Waals surface area contributed by atoms with Crippen molar-refractivity contribution in [3.05, 3.63) is 216 Å². The molecule has 6 aromatic carbocycles. The van der Waals surface area contributed by atoms with Gasteiger partial charge in [-0.3, -0.25) is 0 Å². The first-order chi connectivity index (χ1) is 29.6. The minimum Gasteiger partial charge on any atom is -0.367 e. The van der Waals surface area contributed by atoms with Crippen molar-refractivity contribution in [2.75, 3.05) is 21.7 Å². The van der Waals surface area contributed by atoms with Crippen molar-refractivity contribution in [1.29, 1.82) is 0 Å². The topological polar surface area (TPSA) is 14.7 Å². The molecule has 0 N–H and O–H groups in total. The molecule has 0 amide bonds. The Hall–Kier alpha value is -7.04. The molecule has 292 valence electrons. The number of aromatic nitrogens is 1. The first-order valence-electron chi connectivity index (χ1n) is 21.4. The van der Waals surface area contributed by atoms with Gasteiger partial charge in [0, 0.05) is 71.3 Å². The van der Waals surface area contributed by atoms with Crippen molar-refractivity contribution in [3.63, 3.8) is 0 Å². The maximum atomic E-state index is 2.57. The normalized spacial score (nSPS) is 17.7. The summed E-state index contributed by atoms with van der Waals surface area (Å²) >= 11 is 0. The highest BCUT2D eigenvalue weighted by atomic mass is 15.2. The van der Waals surface area contributed by atoms with Crippen LogP contribution in [0.25, 0.3) is 39.3 Å². The maximum absolute atomic E-state index is 2.57. The lowest BCUT2D eigenvalue weighted by molar-refractivity contribution is 0.685. The van der Waals surface area contributed by atoms with Crippen LogP contribution >= 0.6 is 0 Å². The number of para-hydroxylation sites is 3. The number of benzene rings is 6. The SMILES string of the molecule is CN1c2ccccc2C2=CC=C(N(c3ccccc3)C3C=CC(c4ccccc4-c4ccc(N(c5ccccc5)c5ccc6c7c(n(C)c6c5)C=CCC7)cc4)=CC3)CC21. The molecule has 0 saturated carbocycles. The Balaban J connectivity index is 0.889. The summed E-state index contributed by atoms with van der Waals surface area (Å²) in [5.74, 6) is 0. The lowest BCUT2D eigenvalue weighted by atomic mass is 9.89. The van der Waals surface area contributed by atoms with Crippen LogP contribution in [0.4, 0.5) is 28.4 Å². The minimum absolute atomic E-state index is 0.207. The summed E-state index contributed by atoms with van der Waals surface area (Å²) in [6, 6.07) is 56.0. The second-order valence-corrected chi connectivity index (χ2v) is 16.5. The summed E-state index contributed by atoms with van der Waals surface area (Å²) in [7, 11) is 4.44. The molecule has 0 bridgehead atoms. The van der Waals surface area contributed by atoms with Gasteiger partial charge in [-0.15, -0.1) is 0 Å². The summed E-state index contributed by atoms with van der Waals surface area (Å²) < 4.78 is 2.36. The molecule has 0 saturated heterocycles. The van der Waals surface area contributed by atoms with E-state index in [1.54, 1.807) is 0 Å². The summed E-state index contributed by atoms with van der Waals surface area (Å²) in [5.41, 5.74) is 19.2. The summed E-state index contributed by atoms with van der Waals surface area (Å²) in [6.45, 7) is 0. The van der Waals surface area contributed by atoms with Crippen LogP contribution in [0, 0.1) is 0 Å². The average Bonchev–Trinajstić information content (AvgIpc) is 3.77. The van der Waals surface area contributed by atoms with Gasteiger partial charge in [0.15, 0.2) is 0 Å². The Morgan fingerprint density at radius 2 is 1.30 bits per heavy atom. The minimum atomic E-state index is 0.207. The average molecular weight is 777 g/mol. The van der Waals surface area contributed by atoms with E-state index in [1.807, 2.05) is 0 Å². The van der Waals surface area contributed by atoms with Gasteiger partial charge in [0.05, 0.1) is 17.6 Å². The fourth-order valence-corrected chi connectivity index (χ4v) is 10.2. The molecule has 2 unspecified atom stereocenters. The Morgan fingerprint density at radius 1 is 0.617 bits per heavy atom. The first-order valence-corrected chi connectivity index (χ1v) is 21.4. The number of aryl methyl sites for hydroxylation is 2. The van der Waals surface area contributed by atoms with Crippen molar-refractivity contribution < 1.29 is 0 Å². The molecule has 4 heteroatoms. The van der Waals surface area contributed by atoms with Crippen LogP contribution in [0.5, 0.6) is 0 Å². The maximum Gasteiger partial charge on any atom is 0.0600 e. The molecule has 0 fully saturated rings. The van der Waals surface area contributed by atoms with Gasteiger partial charge in [0.25, 0.3) is 0 Å². The van der Waals surface area contributed by atoms with Crippen molar-refractivity contribution >= 4 is 56.6 Å². The zero-order chi connectivity index (χ0) is 40.2. The third-order valence-corrected chi connectivity index (χ3v) is 13.2. The third-order valence-electron chi connectivity index (χ3n) is 13.2. The number of fused-ring (bicyclic) bond motifs is 6. The Bertz CT molecular complexity index is 2910. The second kappa shape index (κ2) is 15.0. The molecular weight excluding hydrogens is 729 g/mol. The monoisotopic (exact) mass is 776 g/mol. The van der Waals surface area contributed by atoms with Crippen LogP contribution in [0.15, 0.2) is 194 Å². The highest BCUT2D eigenvalue weighted by Gasteiger charge is 2.35. The van der Waals surface area contributed by atoms with Gasteiger partial charge in [-0.2, -0.15) is 0 Å². The Morgan fingerprint density at radius 3 is 2.07 bits per heavy atom. The molecule has 0 spiro atoms. The van der Waals surface area contributed by atoms with Gasteiger partial charge >= 0.3 is 0 Å². The van der Waals surface area contributed by atoms with E-state index < -0.39 is 0 Å². The third kappa shape index (κ3) is 6.14. The van der Waals surface area contributed by atoms with E-state index >= 15 is 0 Å². The van der Waals surface area contributed by atoms with E-state index in [-0.39, 0.29) is 6.04 Å². The van der Waals surface area contributed by atoms with E-state index in [0.717, 1.165) is 42.7 Å². The standard InChI is InChI=1S/C56H48N4/c1-57-53-23-13-11-21-49(53)51-35-33-45(37-55(51)57)59(41-15-5-3-6-16-41)43-29-25-39(26-30-43)47-19-9-10-20-48(47)40-27-31-44(32-28-40)60(42-17-7-4-8-18-42)46-34-36-52-50-22-12-14-24-54(50)58(2)56(52)38-46/h3-11,13-21,23-29,31-36,38,43,55H,12,22,30,37H2,1-2H3. The van der Waals surface area contributed by atoms with E-state index in [9.17, 15) is 0 Å². The van der Waals surface area contributed by atoms with E-state index in [2.05, 4.69) is 228 Å². The lowest BCUT2D eigenvalue weighted by Gasteiger charge is -2.38. The molecule has 1 aromatic heterocycles. The molecule has 2 atom stereocenters. The number of hydrogen-bond acceptors (Lipinski definition) is 3. The Kier molecular flexibility index (Phi) is 9.00. The van der Waals surface area contributed by atoms with Crippen LogP contribution in [0.2, 0.25) is 0 Å². The largest absolute Gasteiger partial charge is 0.367 e. The number of likely N-dealkylation sites (N-methyl/N-ethyl adjacent to an activating group) is 1. The van der Waals surface area contributed by atoms with Gasteiger partial charge in [0.1, 0.15) is 0 Å². The molecule has 4 nitrogen and oxygen atoms in total. The van der Waals surface area contributed by atoms with Gasteiger partial charge in [-0.25, -0.2) is 0 Å². The van der Waals surface area contributed by atoms with Crippen molar-refractivity contribution in [2.24, 2.45) is 7.05 Å². The summed E-state index contributed by atoms with van der Waals surface area (Å²) in [6.07, 6.45) is 20.6. The fraction of sp³-hybridized carbons (Fsp3) is 0.143. The highest BCUT2D eigenvalue weighted by molar-refractivity contribution is 5.94. The van der Waals surface area contributed by atoms with Crippen LogP contribution in [-0.2, 0) is 13.5 Å². The van der Waals surface area contributed by atoms with E-state index in [1.165, 1.54) is 72.6 Å². The highest BCUT2D eigenvalue weighted by Crippen LogP contribution is 2.46. The number of hydrogen-bond donors (Lipinski definition) is 0. The quantitative estimate of drug-likeness (QED) is 0.153. The van der Waals surface area contributed by atoms with Crippen LogP contribution in [0.3, 0.4) is 0 Å². The smallest absolute Gasteiger partial charge is 0.0600 e. The van der Waals surface area contributed by atoms with Crippen LogP contribution in [0.1, 0.15) is 41.6 Å². The van der Waals surface area contributed by atoms with Gasteiger partial charge in [-0.1, -0.05) is 127 Å². The molecule has 0 radical (unpaired) electrons. The fourth-order valence-electron chi connectivity index (χ4n) is 10.2. The summed E-state index contributed by atoms with van der Waals surface area (Å²) in [5, 5.41) is 1.36. The number of allylic oxidation sites excluding steroid dienone is 5. The molecule has 60 heavy (non-hydrogen) atoms. The Labute approximate surface area is 353 Å². The predicted octanol–water partition coefficient (Wildman–Crippen LogP) is 13.7. The number of nitrogens with zero attached hydrogens (tertiary/aromatic N) is 4. The van der Waals surface area contributed by atoms with Gasteiger partial charge in [0.2, 0.25) is 0 Å². The predicted molar refractivity (Wildman–Crippen MR) is 254 cm³/mol. The second-order valence-electron chi connectivity index (χ2n) is 16.5. The van der Waals surface area contributed by atoms with Gasteiger partial charge in [-0.05, 0) is 119 Å². The molecule has 2 heterocycles. The molecular formula is C56H48N4. The van der Waals surface area contributed by atoms with Crippen molar-refractivity contribution in [2.45, 2.75) is 37.8 Å². The lowest BCUT2D eigenvalue weighted by Crippen LogP contribution is -2.38. The van der Waals surface area contributed by atoms with E-state index in [4.69, 9.17) is 0 Å². The first kappa shape index (κ1) is 36.1. The molecule has 3 aliphatic carbocycles. The molecule has 11 rings (SSSR count). The van der Waals surface area contributed by atoms with Crippen molar-refractivity contribution in [3.8, 4) is 11.1 Å². The molecule has 7 aromatic rings. The number of anilines is 5. The number of rotatable bonds is 8. The molecule has 4 aliphatic rings. The zero-order valence-electron chi connectivity index (χ0n) is 34.2. The van der Waals surface area contributed by atoms with Crippen LogP contribution in [-0.4, -0.2) is 23.7 Å². The zero-order valence-corrected chi connectivity index (χ0v) is 34.2. The molecule has 1 aliphatic heterocycles. The van der Waals surface area contributed by atoms with Crippen molar-refractivity contribution in [1.82, 2.24) is 4.57 Å².